The van der Waals surface area contributed by atoms with Crippen LogP contribution in [0.4, 0.5) is 0 Å². The molecule has 0 bridgehead atoms. The molecular formula is C22H32O7. The van der Waals surface area contributed by atoms with E-state index in [-0.39, 0.29) is 17.2 Å². The Morgan fingerprint density at radius 1 is 0.897 bits per heavy atom. The Hall–Kier alpha value is -2.44. The highest BCUT2D eigenvalue weighted by molar-refractivity contribution is 5.92. The number of cyclic esters (lactones) is 2. The summed E-state index contributed by atoms with van der Waals surface area (Å²) in [5.74, 6) is -0.0693. The summed E-state index contributed by atoms with van der Waals surface area (Å²) in [7, 11) is 2.92. The zero-order valence-corrected chi connectivity index (χ0v) is 18.2. The highest BCUT2D eigenvalue weighted by Gasteiger charge is 2.36. The van der Waals surface area contributed by atoms with Crippen LogP contribution in [0.15, 0.2) is 0 Å². The fraction of sp³-hybridized carbons (Fsp3) is 0.636. The molecule has 0 aromatic heterocycles. The van der Waals surface area contributed by atoms with Crippen molar-refractivity contribution < 1.29 is 33.6 Å². The Bertz CT molecular complexity index is 695. The number of phenolic OH excluding ortho intramolecular Hbond substituents is 1. The molecule has 162 valence electrons. The molecular weight excluding hydrogens is 376 g/mol. The van der Waals surface area contributed by atoms with Crippen molar-refractivity contribution in [1.82, 2.24) is 0 Å². The summed E-state index contributed by atoms with van der Waals surface area (Å²) in [6, 6.07) is 0. The molecule has 1 N–H and O–H groups in total. The Balaban J connectivity index is 2.73. The topological polar surface area (TPSA) is 91.3 Å². The monoisotopic (exact) mass is 408 g/mol. The number of ether oxygens (including phenoxy) is 4. The molecule has 1 heterocycles. The molecule has 1 fully saturated rings. The van der Waals surface area contributed by atoms with Gasteiger partial charge >= 0.3 is 11.9 Å². The van der Waals surface area contributed by atoms with E-state index in [0.29, 0.717) is 41.4 Å². The number of benzene rings is 1. The van der Waals surface area contributed by atoms with Gasteiger partial charge in [0, 0.05) is 16.7 Å². The minimum Gasteiger partial charge on any atom is -0.502 e. The summed E-state index contributed by atoms with van der Waals surface area (Å²) in [4.78, 5) is 23.9. The van der Waals surface area contributed by atoms with E-state index in [1.807, 2.05) is 0 Å². The fourth-order valence-electron chi connectivity index (χ4n) is 3.48. The second-order valence-corrected chi connectivity index (χ2v) is 8.14. The van der Waals surface area contributed by atoms with Crippen molar-refractivity contribution in [2.45, 2.75) is 66.1 Å². The Kier molecular flexibility index (Phi) is 7.76. The number of esters is 2. The maximum Gasteiger partial charge on any atom is 0.320 e. The largest absolute Gasteiger partial charge is 0.502 e. The normalized spacial score (nSPS) is 14.9. The van der Waals surface area contributed by atoms with Gasteiger partial charge in [-0.05, 0) is 37.5 Å². The minimum absolute atomic E-state index is 0.0928. The molecule has 0 spiro atoms. The van der Waals surface area contributed by atoms with Crippen LogP contribution < -0.4 is 9.47 Å². The van der Waals surface area contributed by atoms with Crippen molar-refractivity contribution in [3.63, 3.8) is 0 Å². The van der Waals surface area contributed by atoms with E-state index in [1.165, 1.54) is 14.2 Å². The standard InChI is InChI=1S/C22H32O7/c1-12(2)7-9-14-18(22-28-16(23)11-17(24)29-22)15(10-8-13(3)4)21(27-6)19(25)20(14)26-5/h12-13,22,25H,7-11H2,1-6H3. The lowest BCUT2D eigenvalue weighted by Gasteiger charge is -2.29. The molecule has 1 aliphatic rings. The third-order valence-electron chi connectivity index (χ3n) is 4.98. The summed E-state index contributed by atoms with van der Waals surface area (Å²) in [5.41, 5.74) is 1.88. The average Bonchev–Trinajstić information content (AvgIpc) is 2.63. The smallest absolute Gasteiger partial charge is 0.320 e. The van der Waals surface area contributed by atoms with E-state index in [2.05, 4.69) is 27.7 Å². The summed E-state index contributed by atoms with van der Waals surface area (Å²) >= 11 is 0. The molecule has 0 aliphatic carbocycles. The van der Waals surface area contributed by atoms with Crippen LogP contribution in [0, 0.1) is 11.8 Å². The zero-order valence-electron chi connectivity index (χ0n) is 18.2. The van der Waals surface area contributed by atoms with Crippen molar-refractivity contribution in [3.05, 3.63) is 16.7 Å². The molecule has 0 saturated carbocycles. The summed E-state index contributed by atoms with van der Waals surface area (Å²) in [6.07, 6.45) is 1.16. The lowest BCUT2D eigenvalue weighted by Crippen LogP contribution is -2.28. The highest BCUT2D eigenvalue weighted by atomic mass is 16.7. The van der Waals surface area contributed by atoms with Gasteiger partial charge in [-0.2, -0.15) is 0 Å². The predicted molar refractivity (Wildman–Crippen MR) is 107 cm³/mol. The summed E-state index contributed by atoms with van der Waals surface area (Å²) in [5, 5.41) is 10.8. The van der Waals surface area contributed by atoms with E-state index in [4.69, 9.17) is 18.9 Å². The zero-order chi connectivity index (χ0) is 21.7. The van der Waals surface area contributed by atoms with E-state index in [0.717, 1.165) is 12.8 Å². The predicted octanol–water partition coefficient (Wildman–Crippen LogP) is 4.08. The van der Waals surface area contributed by atoms with Crippen LogP contribution in [-0.4, -0.2) is 31.3 Å². The van der Waals surface area contributed by atoms with Crippen LogP contribution in [0.1, 0.15) is 69.9 Å². The van der Waals surface area contributed by atoms with Crippen LogP contribution in [-0.2, 0) is 31.9 Å². The Labute approximate surface area is 172 Å². The van der Waals surface area contributed by atoms with Crippen LogP contribution in [0.25, 0.3) is 0 Å². The molecule has 0 unspecified atom stereocenters. The molecule has 1 aromatic carbocycles. The molecule has 7 nitrogen and oxygen atoms in total. The SMILES string of the molecule is COc1c(O)c(OC)c(CCC(C)C)c(C2OC(=O)CC(=O)O2)c1CCC(C)C. The van der Waals surface area contributed by atoms with Crippen molar-refractivity contribution >= 4 is 11.9 Å². The number of carbonyl (C=O) groups excluding carboxylic acids is 2. The van der Waals surface area contributed by atoms with Crippen molar-refractivity contribution in [2.75, 3.05) is 14.2 Å². The molecule has 0 radical (unpaired) electrons. The molecule has 1 saturated heterocycles. The maximum absolute atomic E-state index is 12.0. The van der Waals surface area contributed by atoms with Gasteiger partial charge in [0.25, 0.3) is 6.29 Å². The number of phenols is 1. The van der Waals surface area contributed by atoms with Crippen molar-refractivity contribution in [2.24, 2.45) is 11.8 Å². The van der Waals surface area contributed by atoms with Crippen molar-refractivity contribution in [1.29, 1.82) is 0 Å². The van der Waals surface area contributed by atoms with Crippen LogP contribution in [0.5, 0.6) is 17.2 Å². The van der Waals surface area contributed by atoms with Crippen LogP contribution in [0.2, 0.25) is 0 Å². The first kappa shape index (κ1) is 22.8. The molecule has 1 aromatic rings. The molecule has 0 amide bonds. The summed E-state index contributed by atoms with van der Waals surface area (Å²) < 4.78 is 21.8. The lowest BCUT2D eigenvalue weighted by atomic mass is 9.89. The number of methoxy groups -OCH3 is 2. The van der Waals surface area contributed by atoms with Gasteiger partial charge in [0.05, 0.1) is 14.2 Å². The van der Waals surface area contributed by atoms with E-state index >= 15 is 0 Å². The molecule has 2 rings (SSSR count). The second-order valence-electron chi connectivity index (χ2n) is 8.14. The quantitative estimate of drug-likeness (QED) is 0.486. The van der Waals surface area contributed by atoms with Gasteiger partial charge in [0.15, 0.2) is 11.5 Å². The molecule has 1 aliphatic heterocycles. The summed E-state index contributed by atoms with van der Waals surface area (Å²) in [6.45, 7) is 8.37. The number of hydrogen-bond acceptors (Lipinski definition) is 7. The molecule has 7 heteroatoms. The van der Waals surface area contributed by atoms with Crippen molar-refractivity contribution in [3.8, 4) is 17.2 Å². The number of rotatable bonds is 9. The number of carbonyl (C=O) groups is 2. The third-order valence-corrected chi connectivity index (χ3v) is 4.98. The number of hydrogen-bond donors (Lipinski definition) is 1. The molecule has 0 atom stereocenters. The van der Waals surface area contributed by atoms with Gasteiger partial charge in [-0.25, -0.2) is 0 Å². The van der Waals surface area contributed by atoms with E-state index in [9.17, 15) is 14.7 Å². The first-order valence-electron chi connectivity index (χ1n) is 10.1. The minimum atomic E-state index is -1.18. The van der Waals surface area contributed by atoms with Gasteiger partial charge < -0.3 is 24.1 Å². The van der Waals surface area contributed by atoms with Crippen LogP contribution in [0.3, 0.4) is 0 Å². The third kappa shape index (κ3) is 5.34. The van der Waals surface area contributed by atoms with E-state index in [1.54, 1.807) is 0 Å². The lowest BCUT2D eigenvalue weighted by molar-refractivity contribution is -0.205. The highest BCUT2D eigenvalue weighted by Crippen LogP contribution is 2.49. The first-order valence-corrected chi connectivity index (χ1v) is 10.1. The average molecular weight is 408 g/mol. The van der Waals surface area contributed by atoms with Gasteiger partial charge in [-0.3, -0.25) is 9.59 Å². The number of aromatic hydroxyl groups is 1. The second kappa shape index (κ2) is 9.85. The Morgan fingerprint density at radius 3 is 1.66 bits per heavy atom. The van der Waals surface area contributed by atoms with Gasteiger partial charge in [-0.1, -0.05) is 27.7 Å². The first-order chi connectivity index (χ1) is 13.7. The fourth-order valence-corrected chi connectivity index (χ4v) is 3.48. The Morgan fingerprint density at radius 2 is 1.31 bits per heavy atom. The van der Waals surface area contributed by atoms with E-state index < -0.39 is 24.6 Å². The maximum atomic E-state index is 12.0. The van der Waals surface area contributed by atoms with Gasteiger partial charge in [-0.15, -0.1) is 0 Å². The van der Waals surface area contributed by atoms with Crippen LogP contribution >= 0.6 is 0 Å². The van der Waals surface area contributed by atoms with Gasteiger partial charge in [0.1, 0.15) is 6.42 Å². The van der Waals surface area contributed by atoms with Gasteiger partial charge in [0.2, 0.25) is 5.75 Å². The molecule has 29 heavy (non-hydrogen) atoms.